The first-order chi connectivity index (χ1) is 10.0. The highest BCUT2D eigenvalue weighted by Crippen LogP contribution is 2.21. The third kappa shape index (κ3) is 3.52. The van der Waals surface area contributed by atoms with Crippen LogP contribution in [-0.2, 0) is 23.1 Å². The molecule has 21 heavy (non-hydrogen) atoms. The Bertz CT molecular complexity index is 693. The smallest absolute Gasteiger partial charge is 0.208 e. The minimum atomic E-state index is -3.20. The molecule has 0 aromatic carbocycles. The van der Waals surface area contributed by atoms with Gasteiger partial charge in [-0.3, -0.25) is 9.58 Å². The van der Waals surface area contributed by atoms with Gasteiger partial charge in [0.1, 0.15) is 5.76 Å². The second-order valence-corrected chi connectivity index (χ2v) is 7.12. The average Bonchev–Trinajstić information content (AvgIpc) is 3.05. The lowest BCUT2D eigenvalue weighted by Gasteiger charge is -2.33. The van der Waals surface area contributed by atoms with Gasteiger partial charge < -0.3 is 4.42 Å². The molecule has 0 fully saturated rings. The predicted octanol–water partition coefficient (Wildman–Crippen LogP) is 0.582. The van der Waals surface area contributed by atoms with Crippen LogP contribution in [-0.4, -0.2) is 42.4 Å². The zero-order valence-electron chi connectivity index (χ0n) is 11.8. The van der Waals surface area contributed by atoms with Crippen molar-refractivity contribution >= 4 is 10.0 Å². The van der Waals surface area contributed by atoms with Crippen molar-refractivity contribution in [2.24, 2.45) is 0 Å². The monoisotopic (exact) mass is 310 g/mol. The summed E-state index contributed by atoms with van der Waals surface area (Å²) in [4.78, 5) is 2.23. The van der Waals surface area contributed by atoms with Gasteiger partial charge in [0.2, 0.25) is 10.0 Å². The molecule has 0 unspecified atom stereocenters. The first-order valence-corrected chi connectivity index (χ1v) is 8.62. The number of fused-ring (bicyclic) bond motifs is 1. The van der Waals surface area contributed by atoms with Gasteiger partial charge in [-0.15, -0.1) is 0 Å². The highest BCUT2D eigenvalue weighted by Gasteiger charge is 2.26. The fraction of sp³-hybridized carbons (Fsp3) is 0.462. The Morgan fingerprint density at radius 1 is 1.48 bits per heavy atom. The molecule has 7 nitrogen and oxygen atoms in total. The molecule has 2 aromatic rings. The molecular formula is C13H18N4O3S. The summed E-state index contributed by atoms with van der Waals surface area (Å²) < 4.78 is 32.4. The number of hydrogen-bond donors (Lipinski definition) is 1. The summed E-state index contributed by atoms with van der Waals surface area (Å²) >= 11 is 0. The van der Waals surface area contributed by atoms with E-state index in [1.54, 1.807) is 12.5 Å². The van der Waals surface area contributed by atoms with Gasteiger partial charge in [0, 0.05) is 25.8 Å². The average molecular weight is 310 g/mol. The normalized spacial score (nSPS) is 19.6. The van der Waals surface area contributed by atoms with Gasteiger partial charge in [0.15, 0.2) is 0 Å². The molecule has 3 rings (SSSR count). The fourth-order valence-corrected chi connectivity index (χ4v) is 3.10. The van der Waals surface area contributed by atoms with E-state index in [2.05, 4.69) is 14.7 Å². The molecule has 0 saturated carbocycles. The topological polar surface area (TPSA) is 80.4 Å². The standard InChI is InChI=1S/C13H18N4O3S/c1-21(18,19)15-7-12-9-16(10-13-3-2-6-20-13)8-11-4-5-14-17(11)12/h2-6,12,15H,7-10H2,1H3/t12-/m1/s1. The van der Waals surface area contributed by atoms with E-state index in [1.807, 2.05) is 22.9 Å². The molecule has 0 saturated heterocycles. The van der Waals surface area contributed by atoms with Crippen molar-refractivity contribution in [3.8, 4) is 0 Å². The molecule has 0 amide bonds. The van der Waals surface area contributed by atoms with Crippen molar-refractivity contribution < 1.29 is 12.8 Å². The van der Waals surface area contributed by atoms with Crippen molar-refractivity contribution in [1.29, 1.82) is 0 Å². The van der Waals surface area contributed by atoms with E-state index in [9.17, 15) is 8.42 Å². The first kappa shape index (κ1) is 14.3. The van der Waals surface area contributed by atoms with Crippen molar-refractivity contribution in [3.63, 3.8) is 0 Å². The van der Waals surface area contributed by atoms with Gasteiger partial charge in [0.25, 0.3) is 0 Å². The molecule has 0 bridgehead atoms. The Morgan fingerprint density at radius 2 is 2.33 bits per heavy atom. The number of hydrogen-bond acceptors (Lipinski definition) is 5. The molecule has 1 aliphatic rings. The summed E-state index contributed by atoms with van der Waals surface area (Å²) in [5.41, 5.74) is 1.08. The van der Waals surface area contributed by atoms with Gasteiger partial charge in [0.05, 0.1) is 30.8 Å². The van der Waals surface area contributed by atoms with Crippen LogP contribution in [0.5, 0.6) is 0 Å². The largest absolute Gasteiger partial charge is 0.468 e. The van der Waals surface area contributed by atoms with Crippen LogP contribution >= 0.6 is 0 Å². The third-order valence-corrected chi connectivity index (χ3v) is 4.18. The summed E-state index contributed by atoms with van der Waals surface area (Å²) in [6, 6.07) is 5.75. The molecule has 114 valence electrons. The van der Waals surface area contributed by atoms with Crippen molar-refractivity contribution in [2.75, 3.05) is 19.3 Å². The third-order valence-electron chi connectivity index (χ3n) is 3.49. The second kappa shape index (κ2) is 5.63. The first-order valence-electron chi connectivity index (χ1n) is 6.73. The summed E-state index contributed by atoms with van der Waals surface area (Å²) in [6.45, 7) is 2.53. The summed E-state index contributed by atoms with van der Waals surface area (Å²) in [7, 11) is -3.20. The Morgan fingerprint density at radius 3 is 3.05 bits per heavy atom. The number of aromatic nitrogens is 2. The quantitative estimate of drug-likeness (QED) is 0.874. The SMILES string of the molecule is CS(=O)(=O)NC[C@@H]1CN(Cc2ccco2)Cc2ccnn21. The van der Waals surface area contributed by atoms with E-state index in [0.717, 1.165) is 24.5 Å². The van der Waals surface area contributed by atoms with E-state index in [1.165, 1.54) is 6.26 Å². The number of furan rings is 1. The zero-order chi connectivity index (χ0) is 14.9. The zero-order valence-corrected chi connectivity index (χ0v) is 12.6. The van der Waals surface area contributed by atoms with E-state index in [4.69, 9.17) is 4.42 Å². The number of nitrogens with zero attached hydrogens (tertiary/aromatic N) is 3. The lowest BCUT2D eigenvalue weighted by molar-refractivity contribution is 0.157. The fourth-order valence-electron chi connectivity index (χ4n) is 2.61. The summed E-state index contributed by atoms with van der Waals surface area (Å²) in [5.74, 6) is 0.901. The molecule has 1 N–H and O–H groups in total. The van der Waals surface area contributed by atoms with Crippen LogP contribution < -0.4 is 4.72 Å². The summed E-state index contributed by atoms with van der Waals surface area (Å²) in [6.07, 6.45) is 4.58. The molecule has 0 aliphatic carbocycles. The van der Waals surface area contributed by atoms with Gasteiger partial charge in [-0.1, -0.05) is 0 Å². The van der Waals surface area contributed by atoms with Gasteiger partial charge in [-0.05, 0) is 18.2 Å². The maximum atomic E-state index is 11.3. The van der Waals surface area contributed by atoms with Gasteiger partial charge in [-0.2, -0.15) is 5.10 Å². The van der Waals surface area contributed by atoms with Gasteiger partial charge >= 0.3 is 0 Å². The lowest BCUT2D eigenvalue weighted by atomic mass is 10.2. The Labute approximate surface area is 123 Å². The van der Waals surface area contributed by atoms with Crippen LogP contribution in [0.15, 0.2) is 35.1 Å². The molecule has 8 heteroatoms. The minimum absolute atomic E-state index is 0.0200. The molecule has 0 radical (unpaired) electrons. The van der Waals surface area contributed by atoms with Crippen LogP contribution in [0.1, 0.15) is 17.5 Å². The van der Waals surface area contributed by atoms with Gasteiger partial charge in [-0.25, -0.2) is 13.1 Å². The Hall–Kier alpha value is -1.64. The summed E-state index contributed by atoms with van der Waals surface area (Å²) in [5, 5.41) is 4.30. The highest BCUT2D eigenvalue weighted by molar-refractivity contribution is 7.88. The number of nitrogens with one attached hydrogen (secondary N) is 1. The molecule has 1 atom stereocenters. The highest BCUT2D eigenvalue weighted by atomic mass is 32.2. The van der Waals surface area contributed by atoms with E-state index in [0.29, 0.717) is 13.1 Å². The molecule has 0 spiro atoms. The molecule has 2 aromatic heterocycles. The maximum absolute atomic E-state index is 11.3. The maximum Gasteiger partial charge on any atom is 0.208 e. The number of rotatable bonds is 5. The van der Waals surface area contributed by atoms with Crippen LogP contribution in [0, 0.1) is 0 Å². The second-order valence-electron chi connectivity index (χ2n) is 5.29. The number of sulfonamides is 1. The van der Waals surface area contributed by atoms with E-state index >= 15 is 0 Å². The molecule has 1 aliphatic heterocycles. The van der Waals surface area contributed by atoms with E-state index < -0.39 is 10.0 Å². The van der Waals surface area contributed by atoms with E-state index in [-0.39, 0.29) is 6.04 Å². The van der Waals surface area contributed by atoms with Crippen LogP contribution in [0.25, 0.3) is 0 Å². The van der Waals surface area contributed by atoms with Crippen molar-refractivity contribution in [1.82, 2.24) is 19.4 Å². The van der Waals surface area contributed by atoms with Crippen LogP contribution in [0.4, 0.5) is 0 Å². The Kier molecular flexibility index (Phi) is 3.83. The lowest BCUT2D eigenvalue weighted by Crippen LogP contribution is -2.42. The van der Waals surface area contributed by atoms with Crippen molar-refractivity contribution in [2.45, 2.75) is 19.1 Å². The Balaban J connectivity index is 1.73. The van der Waals surface area contributed by atoms with Crippen LogP contribution in [0.2, 0.25) is 0 Å². The molecular weight excluding hydrogens is 292 g/mol. The molecule has 3 heterocycles. The minimum Gasteiger partial charge on any atom is -0.468 e. The van der Waals surface area contributed by atoms with Crippen LogP contribution in [0.3, 0.4) is 0 Å². The van der Waals surface area contributed by atoms with Crippen molar-refractivity contribution in [3.05, 3.63) is 42.1 Å². The predicted molar refractivity (Wildman–Crippen MR) is 76.9 cm³/mol.